The zero-order valence-electron chi connectivity index (χ0n) is 19.2. The molecule has 1 saturated heterocycles. The van der Waals surface area contributed by atoms with Crippen molar-refractivity contribution in [2.24, 2.45) is 5.92 Å². The zero-order valence-corrected chi connectivity index (χ0v) is 20.0. The fourth-order valence-corrected chi connectivity index (χ4v) is 4.95. The molecule has 1 fully saturated rings. The number of carbonyl (C=O) groups is 1. The molecule has 0 bridgehead atoms. The lowest BCUT2D eigenvalue weighted by molar-refractivity contribution is 0.0694. The Balaban J connectivity index is 2.02. The van der Waals surface area contributed by atoms with Gasteiger partial charge in [-0.15, -0.1) is 0 Å². The first-order chi connectivity index (χ1) is 16.2. The molecule has 2 N–H and O–H groups in total. The predicted molar refractivity (Wildman–Crippen MR) is 132 cm³/mol. The number of halogens is 2. The number of aromatic carboxylic acids is 1. The van der Waals surface area contributed by atoms with E-state index in [0.717, 1.165) is 37.2 Å². The van der Waals surface area contributed by atoms with Crippen LogP contribution in [0.1, 0.15) is 54.2 Å². The van der Waals surface area contributed by atoms with Crippen molar-refractivity contribution in [2.45, 2.75) is 39.2 Å². The maximum absolute atomic E-state index is 14.7. The molecule has 4 rings (SSSR count). The molecule has 180 valence electrons. The standard InChI is InChI=1S/C26H28ClFN2O4/c1-15(2)23(14-31)30-13-19(26(33)34)25(32)18-11-17(10-16-6-5-7-20(27)24(16)28)21(12-22(18)30)29-8-3-4-9-29/h5-7,11-13,15,23,31H,3-4,8-10,14H2,1-2H3,(H,33,34). The largest absolute Gasteiger partial charge is 0.477 e. The van der Waals surface area contributed by atoms with Crippen LogP contribution in [-0.2, 0) is 6.42 Å². The third-order valence-electron chi connectivity index (χ3n) is 6.64. The number of aromatic nitrogens is 1. The van der Waals surface area contributed by atoms with Crippen LogP contribution in [0.15, 0.2) is 41.3 Å². The Kier molecular flexibility index (Phi) is 6.96. The number of hydrogen-bond donors (Lipinski definition) is 2. The normalized spacial score (nSPS) is 14.8. The fraction of sp³-hybridized carbons (Fsp3) is 0.385. The molecule has 8 heteroatoms. The number of nitrogens with zero attached hydrogens (tertiary/aromatic N) is 2. The van der Waals surface area contributed by atoms with Crippen LogP contribution in [0.3, 0.4) is 0 Å². The van der Waals surface area contributed by atoms with Crippen molar-refractivity contribution in [1.29, 1.82) is 0 Å². The van der Waals surface area contributed by atoms with E-state index in [1.54, 1.807) is 22.8 Å². The third kappa shape index (κ3) is 4.42. The average molecular weight is 487 g/mol. The van der Waals surface area contributed by atoms with Crippen molar-refractivity contribution < 1.29 is 19.4 Å². The van der Waals surface area contributed by atoms with E-state index in [0.29, 0.717) is 11.1 Å². The minimum Gasteiger partial charge on any atom is -0.477 e. The molecular weight excluding hydrogens is 459 g/mol. The summed E-state index contributed by atoms with van der Waals surface area (Å²) in [6.07, 6.45) is 3.59. The van der Waals surface area contributed by atoms with Gasteiger partial charge in [0.1, 0.15) is 11.4 Å². The summed E-state index contributed by atoms with van der Waals surface area (Å²) in [5.41, 5.74) is 1.60. The Bertz CT molecular complexity index is 1300. The van der Waals surface area contributed by atoms with E-state index in [-0.39, 0.29) is 34.9 Å². The van der Waals surface area contributed by atoms with Crippen molar-refractivity contribution in [3.8, 4) is 0 Å². The molecule has 2 aromatic carbocycles. The van der Waals surface area contributed by atoms with Crippen molar-refractivity contribution in [3.63, 3.8) is 0 Å². The number of aliphatic hydroxyl groups excluding tert-OH is 1. The molecule has 0 amide bonds. The molecule has 0 aliphatic carbocycles. The maximum Gasteiger partial charge on any atom is 0.341 e. The van der Waals surface area contributed by atoms with Crippen LogP contribution in [0.5, 0.6) is 0 Å². The minimum absolute atomic E-state index is 0.00665. The van der Waals surface area contributed by atoms with E-state index in [1.165, 1.54) is 12.3 Å². The van der Waals surface area contributed by atoms with Crippen LogP contribution in [0.25, 0.3) is 10.9 Å². The van der Waals surface area contributed by atoms with E-state index in [4.69, 9.17) is 11.6 Å². The lowest BCUT2D eigenvalue weighted by atomic mass is 9.97. The van der Waals surface area contributed by atoms with Gasteiger partial charge in [-0.25, -0.2) is 9.18 Å². The van der Waals surface area contributed by atoms with Crippen molar-refractivity contribution in [2.75, 3.05) is 24.6 Å². The number of anilines is 1. The van der Waals surface area contributed by atoms with Crippen LogP contribution in [-0.4, -0.2) is 40.4 Å². The Morgan fingerprint density at radius 1 is 1.18 bits per heavy atom. The second kappa shape index (κ2) is 9.76. The van der Waals surface area contributed by atoms with Crippen LogP contribution in [0.2, 0.25) is 5.02 Å². The number of hydrogen-bond acceptors (Lipinski definition) is 4. The van der Waals surface area contributed by atoms with Gasteiger partial charge in [-0.2, -0.15) is 0 Å². The summed E-state index contributed by atoms with van der Waals surface area (Å²) >= 11 is 6.00. The lowest BCUT2D eigenvalue weighted by Gasteiger charge is -2.27. The first kappa shape index (κ1) is 24.2. The summed E-state index contributed by atoms with van der Waals surface area (Å²) in [5.74, 6) is -1.84. The van der Waals surface area contributed by atoms with Crippen LogP contribution < -0.4 is 10.3 Å². The minimum atomic E-state index is -1.33. The van der Waals surface area contributed by atoms with E-state index in [1.807, 2.05) is 19.9 Å². The molecule has 0 radical (unpaired) electrons. The van der Waals surface area contributed by atoms with Crippen molar-refractivity contribution in [3.05, 3.63) is 74.3 Å². The highest BCUT2D eigenvalue weighted by Gasteiger charge is 2.25. The first-order valence-corrected chi connectivity index (χ1v) is 11.8. The number of aliphatic hydroxyl groups is 1. The Hall–Kier alpha value is -2.90. The maximum atomic E-state index is 14.7. The Morgan fingerprint density at radius 3 is 2.50 bits per heavy atom. The highest BCUT2D eigenvalue weighted by Crippen LogP contribution is 2.33. The summed E-state index contributed by atoms with van der Waals surface area (Å²) in [6.45, 7) is 5.33. The number of carboxylic acids is 1. The molecule has 6 nitrogen and oxygen atoms in total. The predicted octanol–water partition coefficient (Wildman–Crippen LogP) is 4.87. The van der Waals surface area contributed by atoms with Gasteiger partial charge in [0.15, 0.2) is 0 Å². The summed E-state index contributed by atoms with van der Waals surface area (Å²) in [4.78, 5) is 27.3. The summed E-state index contributed by atoms with van der Waals surface area (Å²) < 4.78 is 16.4. The van der Waals surface area contributed by atoms with E-state index < -0.39 is 23.3 Å². The zero-order chi connectivity index (χ0) is 24.6. The van der Waals surface area contributed by atoms with Gasteiger partial charge >= 0.3 is 5.97 Å². The van der Waals surface area contributed by atoms with Crippen LogP contribution >= 0.6 is 11.6 Å². The van der Waals surface area contributed by atoms with Gasteiger partial charge in [-0.1, -0.05) is 37.6 Å². The monoisotopic (exact) mass is 486 g/mol. The van der Waals surface area contributed by atoms with Gasteiger partial charge in [-0.05, 0) is 48.1 Å². The number of carboxylic acid groups (broad SMARTS) is 1. The van der Waals surface area contributed by atoms with Gasteiger partial charge in [0.05, 0.1) is 23.2 Å². The fourth-order valence-electron chi connectivity index (χ4n) is 4.76. The average Bonchev–Trinajstić information content (AvgIpc) is 3.33. The molecule has 0 saturated carbocycles. The second-order valence-corrected chi connectivity index (χ2v) is 9.57. The molecule has 2 heterocycles. The second-order valence-electron chi connectivity index (χ2n) is 9.16. The van der Waals surface area contributed by atoms with Gasteiger partial charge < -0.3 is 19.7 Å². The first-order valence-electron chi connectivity index (χ1n) is 11.5. The molecule has 0 spiro atoms. The lowest BCUT2D eigenvalue weighted by Crippen LogP contribution is -2.26. The van der Waals surface area contributed by atoms with E-state index in [9.17, 15) is 24.2 Å². The molecule has 3 aromatic rings. The van der Waals surface area contributed by atoms with Gasteiger partial charge in [-0.3, -0.25) is 4.79 Å². The summed E-state index contributed by atoms with van der Waals surface area (Å²) in [5, 5.41) is 20.0. The number of pyridine rings is 1. The number of fused-ring (bicyclic) bond motifs is 1. The quantitative estimate of drug-likeness (QED) is 0.497. The van der Waals surface area contributed by atoms with Crippen molar-refractivity contribution >= 4 is 34.2 Å². The molecule has 34 heavy (non-hydrogen) atoms. The van der Waals surface area contributed by atoms with Crippen LogP contribution in [0.4, 0.5) is 10.1 Å². The molecule has 1 atom stereocenters. The number of rotatable bonds is 7. The summed E-state index contributed by atoms with van der Waals surface area (Å²) in [7, 11) is 0. The Labute approximate surface area is 202 Å². The molecule has 1 aromatic heterocycles. The summed E-state index contributed by atoms with van der Waals surface area (Å²) in [6, 6.07) is 7.98. The molecule has 1 aliphatic heterocycles. The molecular formula is C26H28ClFN2O4. The van der Waals surface area contributed by atoms with Gasteiger partial charge in [0.2, 0.25) is 5.43 Å². The molecule has 1 unspecified atom stereocenters. The SMILES string of the molecule is CC(C)C(CO)n1cc(C(=O)O)c(=O)c2cc(Cc3cccc(Cl)c3F)c(N3CCCC3)cc21. The Morgan fingerprint density at radius 2 is 1.88 bits per heavy atom. The highest BCUT2D eigenvalue weighted by atomic mass is 35.5. The van der Waals surface area contributed by atoms with Crippen LogP contribution in [0, 0.1) is 11.7 Å². The topological polar surface area (TPSA) is 82.8 Å². The van der Waals surface area contributed by atoms with Gasteiger partial charge in [0.25, 0.3) is 0 Å². The van der Waals surface area contributed by atoms with E-state index >= 15 is 0 Å². The highest BCUT2D eigenvalue weighted by molar-refractivity contribution is 6.30. The van der Waals surface area contributed by atoms with E-state index in [2.05, 4.69) is 4.90 Å². The third-order valence-corrected chi connectivity index (χ3v) is 6.93. The van der Waals surface area contributed by atoms with Gasteiger partial charge in [0, 0.05) is 36.8 Å². The smallest absolute Gasteiger partial charge is 0.341 e. The van der Waals surface area contributed by atoms with Crippen molar-refractivity contribution in [1.82, 2.24) is 4.57 Å². The number of benzene rings is 2. The molecule has 1 aliphatic rings.